The number of furan rings is 1. The van der Waals surface area contributed by atoms with Crippen LogP contribution in [-0.4, -0.2) is 0 Å². The molecule has 2 nitrogen and oxygen atoms in total. The lowest BCUT2D eigenvalue weighted by atomic mass is 9.93. The lowest BCUT2D eigenvalue weighted by Gasteiger charge is -2.29. The molecule has 1 heterocycles. The van der Waals surface area contributed by atoms with Gasteiger partial charge in [0.25, 0.3) is 0 Å². The van der Waals surface area contributed by atoms with Gasteiger partial charge in [-0.05, 0) is 56.9 Å². The van der Waals surface area contributed by atoms with E-state index in [0.717, 1.165) is 49.8 Å². The van der Waals surface area contributed by atoms with Gasteiger partial charge in [0.2, 0.25) is 0 Å². The molecule has 0 saturated heterocycles. The van der Waals surface area contributed by atoms with Crippen molar-refractivity contribution in [1.82, 2.24) is 0 Å². The van der Waals surface area contributed by atoms with Gasteiger partial charge in [-0.1, -0.05) is 152 Å². The number of rotatable bonds is 4. The van der Waals surface area contributed by atoms with Crippen LogP contribution in [-0.2, 0) is 0 Å². The summed E-state index contributed by atoms with van der Waals surface area (Å²) in [5, 5.41) is 11.7. The maximum atomic E-state index is 6.81. The van der Waals surface area contributed by atoms with Crippen LogP contribution in [0.15, 0.2) is 180 Å². The van der Waals surface area contributed by atoms with Crippen molar-refractivity contribution >= 4 is 82.1 Å². The second kappa shape index (κ2) is 10.6. The first kappa shape index (κ1) is 26.8. The van der Waals surface area contributed by atoms with Crippen molar-refractivity contribution in [3.63, 3.8) is 0 Å². The normalized spacial score (nSPS) is 11.8. The molecule has 0 aliphatic rings. The molecule has 0 radical (unpaired) electrons. The molecule has 0 spiro atoms. The Labute approximate surface area is 277 Å². The zero-order chi connectivity index (χ0) is 31.6. The molecule has 10 rings (SSSR count). The van der Waals surface area contributed by atoms with Gasteiger partial charge in [-0.3, -0.25) is 0 Å². The Morgan fingerprint density at radius 2 is 0.812 bits per heavy atom. The van der Waals surface area contributed by atoms with E-state index in [2.05, 4.69) is 181 Å². The summed E-state index contributed by atoms with van der Waals surface area (Å²) in [5.41, 5.74) is 7.56. The molecule has 0 aliphatic heterocycles. The molecule has 48 heavy (non-hydrogen) atoms. The monoisotopic (exact) mass is 611 g/mol. The number of fused-ring (bicyclic) bond motifs is 8. The highest BCUT2D eigenvalue weighted by Gasteiger charge is 2.24. The van der Waals surface area contributed by atoms with E-state index in [1.165, 1.54) is 43.4 Å². The highest BCUT2D eigenvalue weighted by atomic mass is 16.3. The van der Waals surface area contributed by atoms with Crippen LogP contribution in [0.3, 0.4) is 0 Å². The number of hydrogen-bond acceptors (Lipinski definition) is 2. The highest BCUT2D eigenvalue weighted by Crippen LogP contribution is 2.49. The Morgan fingerprint density at radius 1 is 0.333 bits per heavy atom. The minimum Gasteiger partial charge on any atom is -0.455 e. The van der Waals surface area contributed by atoms with Crippen molar-refractivity contribution in [2.75, 3.05) is 4.90 Å². The van der Waals surface area contributed by atoms with E-state index < -0.39 is 0 Å². The molecule has 1 aromatic heterocycles. The maximum absolute atomic E-state index is 6.81. The zero-order valence-corrected chi connectivity index (χ0v) is 26.1. The molecule has 0 amide bonds. The lowest BCUT2D eigenvalue weighted by molar-refractivity contribution is 0.673. The first-order valence-corrected chi connectivity index (χ1v) is 16.4. The Morgan fingerprint density at radius 3 is 1.48 bits per heavy atom. The van der Waals surface area contributed by atoms with Gasteiger partial charge < -0.3 is 9.32 Å². The first-order valence-electron chi connectivity index (χ1n) is 16.4. The summed E-state index contributed by atoms with van der Waals surface area (Å²) in [5.74, 6) is 0. The van der Waals surface area contributed by atoms with Gasteiger partial charge in [0.1, 0.15) is 11.2 Å². The van der Waals surface area contributed by atoms with Gasteiger partial charge in [0.05, 0.1) is 17.1 Å². The molecule has 0 atom stereocenters. The molecular weight excluding hydrogens is 583 g/mol. The van der Waals surface area contributed by atoms with Gasteiger partial charge in [-0.2, -0.15) is 0 Å². The summed E-state index contributed by atoms with van der Waals surface area (Å²) < 4.78 is 6.81. The van der Waals surface area contributed by atoms with Crippen LogP contribution < -0.4 is 4.90 Å². The van der Waals surface area contributed by atoms with Gasteiger partial charge in [-0.25, -0.2) is 0 Å². The first-order chi connectivity index (χ1) is 23.8. The van der Waals surface area contributed by atoms with E-state index in [1.807, 2.05) is 0 Å². The molecule has 0 fully saturated rings. The van der Waals surface area contributed by atoms with Crippen molar-refractivity contribution in [2.45, 2.75) is 0 Å². The number of benzene rings is 9. The number of anilines is 3. The van der Waals surface area contributed by atoms with E-state index >= 15 is 0 Å². The molecule has 0 bridgehead atoms. The Kier molecular flexibility index (Phi) is 5.91. The van der Waals surface area contributed by atoms with E-state index in [-0.39, 0.29) is 0 Å². The SMILES string of the molecule is c1ccc2c(-c3cccc4oc5c6ccccc6c(N(c6cccc7ccccc67)c6cccc7ccccc67)cc5c34)cccc2c1. The molecule has 0 aliphatic carbocycles. The quantitative estimate of drug-likeness (QED) is 0.197. The third kappa shape index (κ3) is 4.00. The van der Waals surface area contributed by atoms with E-state index in [9.17, 15) is 0 Å². The van der Waals surface area contributed by atoms with Crippen molar-refractivity contribution in [1.29, 1.82) is 0 Å². The molecular formula is C46H29NO. The Bertz CT molecular complexity index is 2770. The summed E-state index contributed by atoms with van der Waals surface area (Å²) >= 11 is 0. The minimum absolute atomic E-state index is 0.889. The summed E-state index contributed by atoms with van der Waals surface area (Å²) in [7, 11) is 0. The highest BCUT2D eigenvalue weighted by molar-refractivity contribution is 6.24. The summed E-state index contributed by atoms with van der Waals surface area (Å²) in [6, 6.07) is 63.3. The standard InChI is InChI=1S/C46H29NO/c1-4-19-33-30(13-1)16-9-24-36(33)38-25-12-28-44-45(38)40-29-43(37-22-7-8-23-39(37)46(40)48-44)47(41-26-10-17-31-14-2-5-20-34(31)41)42-27-11-18-32-15-3-6-21-35(32)42/h1-29H. The van der Waals surface area contributed by atoms with Crippen LogP contribution in [0.1, 0.15) is 0 Å². The average molecular weight is 612 g/mol. The van der Waals surface area contributed by atoms with E-state index in [0.29, 0.717) is 0 Å². The van der Waals surface area contributed by atoms with Crippen LogP contribution >= 0.6 is 0 Å². The van der Waals surface area contributed by atoms with Crippen LogP contribution in [0.25, 0.3) is 76.2 Å². The largest absolute Gasteiger partial charge is 0.455 e. The fraction of sp³-hybridized carbons (Fsp3) is 0. The summed E-state index contributed by atoms with van der Waals surface area (Å²) in [4.78, 5) is 2.46. The maximum Gasteiger partial charge on any atom is 0.143 e. The van der Waals surface area contributed by atoms with Gasteiger partial charge in [0.15, 0.2) is 0 Å². The van der Waals surface area contributed by atoms with Crippen LogP contribution in [0, 0.1) is 0 Å². The molecule has 0 N–H and O–H groups in total. The van der Waals surface area contributed by atoms with E-state index in [1.54, 1.807) is 0 Å². The van der Waals surface area contributed by atoms with Crippen molar-refractivity contribution in [2.24, 2.45) is 0 Å². The molecule has 10 aromatic rings. The summed E-state index contributed by atoms with van der Waals surface area (Å²) in [6.45, 7) is 0. The third-order valence-electron chi connectivity index (χ3n) is 9.82. The predicted molar refractivity (Wildman–Crippen MR) is 204 cm³/mol. The number of hydrogen-bond donors (Lipinski definition) is 0. The van der Waals surface area contributed by atoms with Crippen LogP contribution in [0.5, 0.6) is 0 Å². The smallest absolute Gasteiger partial charge is 0.143 e. The third-order valence-corrected chi connectivity index (χ3v) is 9.82. The second-order valence-electron chi connectivity index (χ2n) is 12.5. The topological polar surface area (TPSA) is 16.4 Å². The fourth-order valence-electron chi connectivity index (χ4n) is 7.69. The van der Waals surface area contributed by atoms with Crippen molar-refractivity contribution < 1.29 is 4.42 Å². The molecule has 0 saturated carbocycles. The minimum atomic E-state index is 0.889. The van der Waals surface area contributed by atoms with Gasteiger partial charge >= 0.3 is 0 Å². The molecule has 224 valence electrons. The zero-order valence-electron chi connectivity index (χ0n) is 26.1. The van der Waals surface area contributed by atoms with Crippen LogP contribution in [0.4, 0.5) is 17.1 Å². The Balaban J connectivity index is 1.36. The molecule has 0 unspecified atom stereocenters. The molecule has 2 heteroatoms. The average Bonchev–Trinajstić information content (AvgIpc) is 3.54. The van der Waals surface area contributed by atoms with Gasteiger partial charge in [-0.15, -0.1) is 0 Å². The van der Waals surface area contributed by atoms with Gasteiger partial charge in [0, 0.05) is 32.3 Å². The fourth-order valence-corrected chi connectivity index (χ4v) is 7.69. The second-order valence-corrected chi connectivity index (χ2v) is 12.5. The lowest BCUT2D eigenvalue weighted by Crippen LogP contribution is -2.11. The number of nitrogens with zero attached hydrogens (tertiary/aromatic N) is 1. The molecule has 9 aromatic carbocycles. The van der Waals surface area contributed by atoms with E-state index in [4.69, 9.17) is 4.42 Å². The van der Waals surface area contributed by atoms with Crippen molar-refractivity contribution in [3.05, 3.63) is 176 Å². The van der Waals surface area contributed by atoms with Crippen LogP contribution in [0.2, 0.25) is 0 Å². The predicted octanol–water partition coefficient (Wildman–Crippen LogP) is 13.3. The van der Waals surface area contributed by atoms with Crippen molar-refractivity contribution in [3.8, 4) is 11.1 Å². The Hall–Kier alpha value is -6.38. The summed E-state index contributed by atoms with van der Waals surface area (Å²) in [6.07, 6.45) is 0.